The Labute approximate surface area is 132 Å². The van der Waals surface area contributed by atoms with E-state index in [0.29, 0.717) is 17.0 Å². The van der Waals surface area contributed by atoms with Crippen molar-refractivity contribution in [1.82, 2.24) is 5.32 Å². The minimum absolute atomic E-state index is 0.182. The van der Waals surface area contributed by atoms with Gasteiger partial charge < -0.3 is 16.0 Å². The molecule has 0 bridgehead atoms. The number of carbonyl (C=O) groups is 1. The van der Waals surface area contributed by atoms with Crippen molar-refractivity contribution in [2.24, 2.45) is 11.7 Å². The molecule has 0 radical (unpaired) electrons. The number of nitrogens with zero attached hydrogens (tertiary/aromatic N) is 1. The molecule has 0 fully saturated rings. The maximum absolute atomic E-state index is 11.2. The zero-order valence-electron chi connectivity index (χ0n) is 13.3. The van der Waals surface area contributed by atoms with Crippen LogP contribution in [0.3, 0.4) is 0 Å². The van der Waals surface area contributed by atoms with Crippen molar-refractivity contribution in [3.63, 3.8) is 0 Å². The molecule has 4 nitrogen and oxygen atoms in total. The van der Waals surface area contributed by atoms with Crippen LogP contribution in [-0.2, 0) is 11.3 Å². The van der Waals surface area contributed by atoms with Gasteiger partial charge in [-0.3, -0.25) is 4.79 Å². The summed E-state index contributed by atoms with van der Waals surface area (Å²) in [6, 6.07) is 6.37. The number of nitrogens with two attached hydrogens (primary N) is 1. The van der Waals surface area contributed by atoms with Crippen molar-refractivity contribution < 1.29 is 4.79 Å². The number of anilines is 1. The molecule has 1 amide bonds. The van der Waals surface area contributed by atoms with Crippen molar-refractivity contribution in [1.29, 1.82) is 0 Å². The van der Waals surface area contributed by atoms with Crippen LogP contribution in [0, 0.1) is 5.92 Å². The zero-order chi connectivity index (χ0) is 16.0. The van der Waals surface area contributed by atoms with Gasteiger partial charge in [-0.2, -0.15) is 0 Å². The van der Waals surface area contributed by atoms with E-state index in [1.165, 1.54) is 0 Å². The van der Waals surface area contributed by atoms with Crippen LogP contribution in [0.5, 0.6) is 0 Å². The van der Waals surface area contributed by atoms with Gasteiger partial charge in [0.2, 0.25) is 5.91 Å². The van der Waals surface area contributed by atoms with Gasteiger partial charge in [0.15, 0.2) is 0 Å². The van der Waals surface area contributed by atoms with Crippen LogP contribution in [0.4, 0.5) is 5.69 Å². The fourth-order valence-electron chi connectivity index (χ4n) is 2.12. The minimum atomic E-state index is -0.350. The maximum atomic E-state index is 11.2. The van der Waals surface area contributed by atoms with Crippen LogP contribution in [0.1, 0.15) is 33.3 Å². The Morgan fingerprint density at radius 3 is 2.48 bits per heavy atom. The Kier molecular flexibility index (Phi) is 6.99. The summed E-state index contributed by atoms with van der Waals surface area (Å²) in [7, 11) is 0. The van der Waals surface area contributed by atoms with Gasteiger partial charge in [0.1, 0.15) is 0 Å². The number of hydrogen-bond acceptors (Lipinski definition) is 3. The summed E-state index contributed by atoms with van der Waals surface area (Å²) < 4.78 is 0. The second-order valence-corrected chi connectivity index (χ2v) is 6.47. The summed E-state index contributed by atoms with van der Waals surface area (Å²) in [5.74, 6) is 0.0694. The lowest BCUT2D eigenvalue weighted by Crippen LogP contribution is -2.36. The van der Waals surface area contributed by atoms with Gasteiger partial charge >= 0.3 is 0 Å². The van der Waals surface area contributed by atoms with Crippen LogP contribution in [0.25, 0.3) is 0 Å². The largest absolute Gasteiger partial charge is 0.368 e. The molecule has 0 heterocycles. The third-order valence-electron chi connectivity index (χ3n) is 3.00. The van der Waals surface area contributed by atoms with Crippen molar-refractivity contribution in [3.8, 4) is 0 Å². The number of nitrogens with one attached hydrogen (secondary N) is 1. The summed E-state index contributed by atoms with van der Waals surface area (Å²) in [5.41, 5.74) is 7.32. The molecule has 21 heavy (non-hydrogen) atoms. The van der Waals surface area contributed by atoms with Crippen LogP contribution < -0.4 is 16.0 Å². The summed E-state index contributed by atoms with van der Waals surface area (Å²) in [4.78, 5) is 13.2. The topological polar surface area (TPSA) is 58.4 Å². The molecule has 0 spiro atoms. The van der Waals surface area contributed by atoms with Gasteiger partial charge in [0.25, 0.3) is 0 Å². The molecule has 0 aromatic heterocycles. The highest BCUT2D eigenvalue weighted by Gasteiger charge is 2.14. The first kappa shape index (κ1) is 17.8. The van der Waals surface area contributed by atoms with E-state index < -0.39 is 0 Å². The lowest BCUT2D eigenvalue weighted by atomic mass is 10.1. The van der Waals surface area contributed by atoms with E-state index in [4.69, 9.17) is 17.3 Å². The van der Waals surface area contributed by atoms with Gasteiger partial charge in [-0.15, -0.1) is 0 Å². The van der Waals surface area contributed by atoms with Gasteiger partial charge in [-0.05, 0) is 23.6 Å². The van der Waals surface area contributed by atoms with Crippen molar-refractivity contribution in [2.75, 3.05) is 18.0 Å². The SMILES string of the molecule is CC(C)CN(CC(N)=O)c1ccc(CNC(C)C)cc1Cl. The Morgan fingerprint density at radius 2 is 2.00 bits per heavy atom. The molecular formula is C16H26ClN3O. The van der Waals surface area contributed by atoms with Gasteiger partial charge in [0.05, 0.1) is 17.3 Å². The zero-order valence-corrected chi connectivity index (χ0v) is 14.1. The van der Waals surface area contributed by atoms with Crippen LogP contribution in [0.15, 0.2) is 18.2 Å². The van der Waals surface area contributed by atoms with E-state index in [1.807, 2.05) is 23.1 Å². The Morgan fingerprint density at radius 1 is 1.33 bits per heavy atom. The summed E-state index contributed by atoms with van der Waals surface area (Å²) >= 11 is 6.38. The molecule has 0 aliphatic heterocycles. The molecule has 0 saturated carbocycles. The summed E-state index contributed by atoms with van der Waals surface area (Å²) in [6.07, 6.45) is 0. The predicted molar refractivity (Wildman–Crippen MR) is 89.7 cm³/mol. The molecule has 1 aromatic rings. The molecule has 0 saturated heterocycles. The summed E-state index contributed by atoms with van der Waals surface area (Å²) in [6.45, 7) is 10.1. The second kappa shape index (κ2) is 8.25. The molecule has 0 unspecified atom stereocenters. The first-order valence-electron chi connectivity index (χ1n) is 7.34. The maximum Gasteiger partial charge on any atom is 0.236 e. The smallest absolute Gasteiger partial charge is 0.236 e. The molecule has 0 aliphatic carbocycles. The fraction of sp³-hybridized carbons (Fsp3) is 0.562. The predicted octanol–water partition coefficient (Wildman–Crippen LogP) is 2.79. The number of benzene rings is 1. The van der Waals surface area contributed by atoms with Crippen molar-refractivity contribution >= 4 is 23.2 Å². The van der Waals surface area contributed by atoms with E-state index in [-0.39, 0.29) is 12.5 Å². The highest BCUT2D eigenvalue weighted by Crippen LogP contribution is 2.27. The number of rotatable bonds is 8. The number of amides is 1. The lowest BCUT2D eigenvalue weighted by Gasteiger charge is -2.26. The first-order chi connectivity index (χ1) is 9.79. The molecular weight excluding hydrogens is 286 g/mol. The highest BCUT2D eigenvalue weighted by atomic mass is 35.5. The van der Waals surface area contributed by atoms with E-state index in [0.717, 1.165) is 24.3 Å². The first-order valence-corrected chi connectivity index (χ1v) is 7.72. The molecule has 118 valence electrons. The number of hydrogen-bond donors (Lipinski definition) is 2. The quantitative estimate of drug-likeness (QED) is 0.776. The van der Waals surface area contributed by atoms with E-state index >= 15 is 0 Å². The van der Waals surface area contributed by atoms with Gasteiger partial charge in [-0.1, -0.05) is 45.4 Å². The third-order valence-corrected chi connectivity index (χ3v) is 3.30. The van der Waals surface area contributed by atoms with Gasteiger partial charge in [0, 0.05) is 19.1 Å². The number of carbonyl (C=O) groups excluding carboxylic acids is 1. The fourth-order valence-corrected chi connectivity index (χ4v) is 2.44. The van der Waals surface area contributed by atoms with Crippen LogP contribution in [0.2, 0.25) is 5.02 Å². The Balaban J connectivity index is 2.90. The average Bonchev–Trinajstić information content (AvgIpc) is 2.34. The minimum Gasteiger partial charge on any atom is -0.368 e. The third kappa shape index (κ3) is 6.36. The normalized spacial score (nSPS) is 11.2. The molecule has 1 rings (SSSR count). The van der Waals surface area contributed by atoms with Crippen LogP contribution in [-0.4, -0.2) is 25.0 Å². The average molecular weight is 312 g/mol. The number of primary amides is 1. The molecule has 1 aromatic carbocycles. The Bertz CT molecular complexity index is 475. The van der Waals surface area contributed by atoms with Gasteiger partial charge in [-0.25, -0.2) is 0 Å². The second-order valence-electron chi connectivity index (χ2n) is 6.06. The standard InChI is InChI=1S/C16H26ClN3O/c1-11(2)9-20(10-16(18)21)15-6-5-13(7-14(15)17)8-19-12(3)4/h5-7,11-12,19H,8-10H2,1-4H3,(H2,18,21). The van der Waals surface area contributed by atoms with E-state index in [2.05, 4.69) is 33.0 Å². The summed E-state index contributed by atoms with van der Waals surface area (Å²) in [5, 5.41) is 4.01. The number of halogens is 1. The molecule has 0 aliphatic rings. The molecule has 0 atom stereocenters. The Hall–Kier alpha value is -1.26. The molecule has 5 heteroatoms. The van der Waals surface area contributed by atoms with Crippen molar-refractivity contribution in [3.05, 3.63) is 28.8 Å². The molecule has 3 N–H and O–H groups in total. The van der Waals surface area contributed by atoms with E-state index in [9.17, 15) is 4.79 Å². The van der Waals surface area contributed by atoms with Crippen LogP contribution >= 0.6 is 11.6 Å². The highest BCUT2D eigenvalue weighted by molar-refractivity contribution is 6.33. The van der Waals surface area contributed by atoms with Crippen molar-refractivity contribution in [2.45, 2.75) is 40.3 Å². The monoisotopic (exact) mass is 311 g/mol. The van der Waals surface area contributed by atoms with E-state index in [1.54, 1.807) is 0 Å². The lowest BCUT2D eigenvalue weighted by molar-refractivity contribution is -0.116.